The van der Waals surface area contributed by atoms with Gasteiger partial charge in [0.05, 0.1) is 12.1 Å². The van der Waals surface area contributed by atoms with E-state index in [1.165, 1.54) is 31.5 Å². The van der Waals surface area contributed by atoms with Crippen molar-refractivity contribution in [1.82, 2.24) is 9.55 Å². The molecule has 0 aliphatic heterocycles. The second kappa shape index (κ2) is 9.19. The first-order valence-electron chi connectivity index (χ1n) is 9.96. The Bertz CT molecular complexity index is 1250. The Morgan fingerprint density at radius 2 is 2.12 bits per heavy atom. The molecule has 2 heterocycles. The van der Waals surface area contributed by atoms with Crippen molar-refractivity contribution in [2.24, 2.45) is 5.92 Å². The van der Waals surface area contributed by atoms with Crippen LogP contribution >= 0.6 is 11.6 Å². The Hall–Kier alpha value is -3.46. The Balaban J connectivity index is 1.53. The van der Waals surface area contributed by atoms with Gasteiger partial charge in [-0.25, -0.2) is 9.78 Å². The van der Waals surface area contributed by atoms with Crippen molar-refractivity contribution >= 4 is 40.0 Å². The number of pyridine rings is 1. The molecule has 33 heavy (non-hydrogen) atoms. The smallest absolute Gasteiger partial charge is 0.465 e. The molecule has 1 aromatic carbocycles. The number of nitrogens with one attached hydrogen (secondary N) is 1. The molecule has 10 heteroatoms. The zero-order valence-electron chi connectivity index (χ0n) is 17.4. The van der Waals surface area contributed by atoms with E-state index in [1.807, 2.05) is 35.0 Å². The van der Waals surface area contributed by atoms with Crippen molar-refractivity contribution < 1.29 is 27.4 Å². The number of esters is 1. The molecule has 1 unspecified atom stereocenters. The number of anilines is 2. The fraction of sp³-hybridized carbons (Fsp3) is 0.217. The minimum atomic E-state index is -4.71. The van der Waals surface area contributed by atoms with Gasteiger partial charge in [-0.2, -0.15) is 0 Å². The van der Waals surface area contributed by atoms with Crippen LogP contribution in [-0.2, 0) is 16.0 Å². The van der Waals surface area contributed by atoms with Crippen LogP contribution in [-0.4, -0.2) is 29.0 Å². The fourth-order valence-electron chi connectivity index (χ4n) is 3.67. The molecule has 4 rings (SSSR count). The summed E-state index contributed by atoms with van der Waals surface area (Å²) in [6, 6.07) is 8.98. The summed E-state index contributed by atoms with van der Waals surface area (Å²) in [6.07, 6.45) is 3.72. The SMILES string of the molecule is COC(=O)c1cc(Cl)cnc1Nc1ccc2c(ccn2CC2C=C(OC(F)(F)F)C=CC2)c1. The summed E-state index contributed by atoms with van der Waals surface area (Å²) in [5.41, 5.74) is 1.82. The average Bonchev–Trinajstić information content (AvgIpc) is 3.15. The summed E-state index contributed by atoms with van der Waals surface area (Å²) in [5, 5.41) is 4.33. The molecule has 2 aromatic heterocycles. The van der Waals surface area contributed by atoms with Crippen LogP contribution in [0.3, 0.4) is 0 Å². The predicted octanol–water partition coefficient (Wildman–Crippen LogP) is 6.22. The van der Waals surface area contributed by atoms with Gasteiger partial charge in [-0.3, -0.25) is 0 Å². The maximum atomic E-state index is 12.5. The lowest BCUT2D eigenvalue weighted by Gasteiger charge is -2.19. The maximum absolute atomic E-state index is 12.5. The van der Waals surface area contributed by atoms with E-state index in [4.69, 9.17) is 16.3 Å². The minimum Gasteiger partial charge on any atom is -0.465 e. The lowest BCUT2D eigenvalue weighted by atomic mass is 10.00. The molecule has 3 aromatic rings. The van der Waals surface area contributed by atoms with Crippen molar-refractivity contribution in [3.63, 3.8) is 0 Å². The molecule has 172 valence electrons. The van der Waals surface area contributed by atoms with Gasteiger partial charge in [-0.15, -0.1) is 13.2 Å². The molecule has 1 N–H and O–H groups in total. The van der Waals surface area contributed by atoms with E-state index in [9.17, 15) is 18.0 Å². The van der Waals surface area contributed by atoms with Crippen molar-refractivity contribution in [3.05, 3.63) is 77.3 Å². The molecule has 6 nitrogen and oxygen atoms in total. The number of hydrogen-bond donors (Lipinski definition) is 1. The van der Waals surface area contributed by atoms with Crippen LogP contribution in [0.2, 0.25) is 5.02 Å². The van der Waals surface area contributed by atoms with Crippen LogP contribution in [0.15, 0.2) is 66.7 Å². The highest BCUT2D eigenvalue weighted by Crippen LogP contribution is 2.29. The van der Waals surface area contributed by atoms with Gasteiger partial charge in [-0.05, 0) is 48.9 Å². The van der Waals surface area contributed by atoms with Crippen molar-refractivity contribution in [3.8, 4) is 0 Å². The molecule has 0 saturated heterocycles. The van der Waals surface area contributed by atoms with E-state index in [-0.39, 0.29) is 17.2 Å². The summed E-state index contributed by atoms with van der Waals surface area (Å²) >= 11 is 5.95. The number of aromatic nitrogens is 2. The molecule has 1 aliphatic rings. The Labute approximate surface area is 192 Å². The van der Waals surface area contributed by atoms with Crippen LogP contribution in [0.4, 0.5) is 24.7 Å². The average molecular weight is 478 g/mol. The van der Waals surface area contributed by atoms with Gasteiger partial charge >= 0.3 is 12.3 Å². The number of carbonyl (C=O) groups is 1. The number of halogens is 4. The van der Waals surface area contributed by atoms with E-state index >= 15 is 0 Å². The number of fused-ring (bicyclic) bond motifs is 1. The standard InChI is InChI=1S/C23H19ClF3N3O3/c1-32-22(31)19-11-16(24)12-28-21(19)29-17-5-6-20-15(10-17)7-8-30(20)13-14-3-2-4-18(9-14)33-23(25,26)27/h2,4-12,14H,3,13H2,1H3,(H,28,29). The molecule has 1 aliphatic carbocycles. The van der Waals surface area contributed by atoms with Crippen molar-refractivity contribution in [2.75, 3.05) is 12.4 Å². The molecule has 0 amide bonds. The number of nitrogens with zero attached hydrogens (tertiary/aromatic N) is 2. The quantitative estimate of drug-likeness (QED) is 0.427. The highest BCUT2D eigenvalue weighted by molar-refractivity contribution is 6.30. The van der Waals surface area contributed by atoms with E-state index in [0.29, 0.717) is 29.5 Å². The lowest BCUT2D eigenvalue weighted by Crippen LogP contribution is -2.16. The summed E-state index contributed by atoms with van der Waals surface area (Å²) in [6.45, 7) is 0.497. The van der Waals surface area contributed by atoms with Gasteiger partial charge in [0.15, 0.2) is 0 Å². The van der Waals surface area contributed by atoms with Gasteiger partial charge in [-0.1, -0.05) is 17.7 Å². The van der Waals surface area contributed by atoms with Crippen LogP contribution in [0.25, 0.3) is 10.9 Å². The number of benzene rings is 1. The molecule has 0 radical (unpaired) electrons. The number of hydrogen-bond acceptors (Lipinski definition) is 5. The van der Waals surface area contributed by atoms with Crippen LogP contribution in [0.1, 0.15) is 16.8 Å². The summed E-state index contributed by atoms with van der Waals surface area (Å²) in [4.78, 5) is 16.2. The van der Waals surface area contributed by atoms with Crippen LogP contribution < -0.4 is 5.32 Å². The molecule has 0 fully saturated rings. The van der Waals surface area contributed by atoms with E-state index in [0.717, 1.165) is 10.9 Å². The summed E-state index contributed by atoms with van der Waals surface area (Å²) < 4.78 is 48.3. The summed E-state index contributed by atoms with van der Waals surface area (Å²) in [5.74, 6) is -0.593. The third-order valence-electron chi connectivity index (χ3n) is 5.08. The van der Waals surface area contributed by atoms with Crippen molar-refractivity contribution in [1.29, 1.82) is 0 Å². The third-order valence-corrected chi connectivity index (χ3v) is 5.29. The largest absolute Gasteiger partial charge is 0.573 e. The molecule has 0 saturated carbocycles. The fourth-order valence-corrected chi connectivity index (χ4v) is 3.83. The van der Waals surface area contributed by atoms with Crippen molar-refractivity contribution in [2.45, 2.75) is 19.3 Å². The molecular weight excluding hydrogens is 459 g/mol. The Kier molecular flexibility index (Phi) is 6.33. The highest BCUT2D eigenvalue weighted by atomic mass is 35.5. The second-order valence-electron chi connectivity index (χ2n) is 7.42. The van der Waals surface area contributed by atoms with Gasteiger partial charge in [0.25, 0.3) is 0 Å². The Morgan fingerprint density at radius 3 is 2.88 bits per heavy atom. The molecule has 0 spiro atoms. The van der Waals surface area contributed by atoms with Gasteiger partial charge in [0.1, 0.15) is 17.1 Å². The molecular formula is C23H19ClF3N3O3. The topological polar surface area (TPSA) is 65.4 Å². The number of carbonyl (C=O) groups excluding carboxylic acids is 1. The molecule has 1 atom stereocenters. The number of allylic oxidation sites excluding steroid dienone is 3. The number of alkyl halides is 3. The second-order valence-corrected chi connectivity index (χ2v) is 7.86. The van der Waals surface area contributed by atoms with Gasteiger partial charge in [0.2, 0.25) is 0 Å². The third kappa shape index (κ3) is 5.48. The van der Waals surface area contributed by atoms with E-state index in [2.05, 4.69) is 15.0 Å². The zero-order chi connectivity index (χ0) is 23.6. The minimum absolute atomic E-state index is 0.137. The zero-order valence-corrected chi connectivity index (χ0v) is 18.2. The normalized spacial score (nSPS) is 15.9. The monoisotopic (exact) mass is 477 g/mol. The van der Waals surface area contributed by atoms with Gasteiger partial charge in [0, 0.05) is 41.4 Å². The summed E-state index contributed by atoms with van der Waals surface area (Å²) in [7, 11) is 1.28. The Morgan fingerprint density at radius 1 is 1.30 bits per heavy atom. The molecule has 0 bridgehead atoms. The first-order valence-corrected chi connectivity index (χ1v) is 10.3. The van der Waals surface area contributed by atoms with Crippen LogP contribution in [0.5, 0.6) is 0 Å². The highest BCUT2D eigenvalue weighted by Gasteiger charge is 2.32. The first-order chi connectivity index (χ1) is 15.7. The van der Waals surface area contributed by atoms with E-state index < -0.39 is 12.3 Å². The van der Waals surface area contributed by atoms with Gasteiger partial charge < -0.3 is 19.4 Å². The van der Waals surface area contributed by atoms with E-state index in [1.54, 1.807) is 6.08 Å². The first kappa shape index (κ1) is 22.7. The number of methoxy groups -OCH3 is 1. The maximum Gasteiger partial charge on any atom is 0.573 e. The number of rotatable bonds is 6. The predicted molar refractivity (Wildman–Crippen MR) is 118 cm³/mol. The lowest BCUT2D eigenvalue weighted by molar-refractivity contribution is -0.303. The van der Waals surface area contributed by atoms with Crippen LogP contribution in [0, 0.1) is 5.92 Å². The number of ether oxygens (including phenoxy) is 2.